The minimum Gasteiger partial charge on any atom is -0.375 e. The van der Waals surface area contributed by atoms with E-state index in [1.165, 1.54) is 0 Å². The van der Waals surface area contributed by atoms with Crippen LogP contribution in [0.2, 0.25) is 0 Å². The Morgan fingerprint density at radius 2 is 2.08 bits per heavy atom. The number of hydrogen-bond acceptors (Lipinski definition) is 2. The molecular weight excluding hydrogens is 152 g/mol. The van der Waals surface area contributed by atoms with E-state index in [0.29, 0.717) is 12.9 Å². The van der Waals surface area contributed by atoms with Crippen LogP contribution in [0.1, 0.15) is 5.56 Å². The van der Waals surface area contributed by atoms with E-state index >= 15 is 0 Å². The van der Waals surface area contributed by atoms with E-state index in [1.807, 2.05) is 30.3 Å². The van der Waals surface area contributed by atoms with Gasteiger partial charge in [0, 0.05) is 6.42 Å². The van der Waals surface area contributed by atoms with E-state index in [1.54, 1.807) is 0 Å². The van der Waals surface area contributed by atoms with E-state index in [9.17, 15) is 4.79 Å². The first kappa shape index (κ1) is 8.35. The molecule has 0 saturated carbocycles. The number of benzene rings is 1. The zero-order chi connectivity index (χ0) is 8.65. The van der Waals surface area contributed by atoms with Gasteiger partial charge >= 0.3 is 6.47 Å². The highest BCUT2D eigenvalue weighted by Crippen LogP contribution is 1.97. The highest BCUT2D eigenvalue weighted by atomic mass is 16.5. The SMILES string of the molecule is O=COC#CCc1ccccc1. The maximum absolute atomic E-state index is 9.69. The fourth-order valence-corrected chi connectivity index (χ4v) is 0.800. The normalized spacial score (nSPS) is 8.00. The van der Waals surface area contributed by atoms with Crippen molar-refractivity contribution in [2.24, 2.45) is 0 Å². The fourth-order valence-electron chi connectivity index (χ4n) is 0.800. The summed E-state index contributed by atoms with van der Waals surface area (Å²) in [5.41, 5.74) is 1.11. The van der Waals surface area contributed by atoms with E-state index in [-0.39, 0.29) is 0 Å². The van der Waals surface area contributed by atoms with Gasteiger partial charge in [-0.1, -0.05) is 36.3 Å². The van der Waals surface area contributed by atoms with Gasteiger partial charge in [0.05, 0.1) is 0 Å². The standard InChI is InChI=1S/C10H8O2/c11-9-12-8-4-7-10-5-2-1-3-6-10/h1-3,5-6,9H,7H2. The molecule has 1 aromatic carbocycles. The van der Waals surface area contributed by atoms with E-state index < -0.39 is 0 Å². The van der Waals surface area contributed by atoms with Gasteiger partial charge in [-0.25, -0.2) is 0 Å². The van der Waals surface area contributed by atoms with Crippen molar-refractivity contribution in [3.63, 3.8) is 0 Å². The van der Waals surface area contributed by atoms with Crippen molar-refractivity contribution < 1.29 is 9.53 Å². The maximum atomic E-state index is 9.69. The summed E-state index contributed by atoms with van der Waals surface area (Å²) in [6.07, 6.45) is 2.87. The van der Waals surface area contributed by atoms with Gasteiger partial charge in [-0.05, 0) is 5.56 Å². The Balaban J connectivity index is 2.44. The predicted octanol–water partition coefficient (Wildman–Crippen LogP) is 1.36. The lowest BCUT2D eigenvalue weighted by molar-refractivity contribution is -0.122. The second-order valence-corrected chi connectivity index (χ2v) is 2.16. The van der Waals surface area contributed by atoms with Crippen molar-refractivity contribution in [3.05, 3.63) is 35.9 Å². The molecular formula is C10H8O2. The van der Waals surface area contributed by atoms with Crippen LogP contribution in [-0.4, -0.2) is 6.47 Å². The molecule has 0 saturated heterocycles. The molecule has 0 aliphatic heterocycles. The molecule has 1 rings (SSSR count). The molecule has 0 unspecified atom stereocenters. The van der Waals surface area contributed by atoms with Gasteiger partial charge in [0.25, 0.3) is 0 Å². The molecule has 2 nitrogen and oxygen atoms in total. The quantitative estimate of drug-likeness (QED) is 0.482. The Morgan fingerprint density at radius 3 is 2.75 bits per heavy atom. The van der Waals surface area contributed by atoms with E-state index in [0.717, 1.165) is 5.56 Å². The third-order valence-electron chi connectivity index (χ3n) is 1.31. The minimum atomic E-state index is 0.317. The Kier molecular flexibility index (Phi) is 3.46. The number of carbonyl (C=O) groups excluding carboxylic acids is 1. The number of rotatable bonds is 2. The first-order valence-electron chi connectivity index (χ1n) is 3.54. The zero-order valence-corrected chi connectivity index (χ0v) is 6.49. The molecule has 0 amide bonds. The van der Waals surface area contributed by atoms with E-state index in [4.69, 9.17) is 0 Å². The van der Waals surface area contributed by atoms with E-state index in [2.05, 4.69) is 16.8 Å². The van der Waals surface area contributed by atoms with Crippen LogP contribution in [0.5, 0.6) is 0 Å². The summed E-state index contributed by atoms with van der Waals surface area (Å²) in [6, 6.07) is 9.76. The Bertz CT molecular complexity index is 293. The molecule has 1 aromatic rings. The van der Waals surface area contributed by atoms with Gasteiger partial charge in [0.15, 0.2) is 0 Å². The predicted molar refractivity (Wildman–Crippen MR) is 45.1 cm³/mol. The monoisotopic (exact) mass is 160 g/mol. The second kappa shape index (κ2) is 4.97. The maximum Gasteiger partial charge on any atom is 0.307 e. The highest BCUT2D eigenvalue weighted by Gasteiger charge is 1.84. The molecule has 0 heterocycles. The molecule has 0 radical (unpaired) electrons. The van der Waals surface area contributed by atoms with Crippen LogP contribution in [0.15, 0.2) is 30.3 Å². The summed E-state index contributed by atoms with van der Waals surface area (Å²) in [7, 11) is 0. The van der Waals surface area contributed by atoms with Crippen LogP contribution in [0.3, 0.4) is 0 Å². The van der Waals surface area contributed by atoms with Gasteiger partial charge in [0.2, 0.25) is 0 Å². The van der Waals surface area contributed by atoms with Crippen LogP contribution in [-0.2, 0) is 16.0 Å². The Hall–Kier alpha value is -1.75. The smallest absolute Gasteiger partial charge is 0.307 e. The summed E-state index contributed by atoms with van der Waals surface area (Å²) in [5, 5.41) is 0. The van der Waals surface area contributed by atoms with Crippen molar-refractivity contribution in [2.75, 3.05) is 0 Å². The molecule has 12 heavy (non-hydrogen) atoms. The lowest BCUT2D eigenvalue weighted by Gasteiger charge is -1.90. The average Bonchev–Trinajstić information content (AvgIpc) is 2.14. The molecule has 0 aliphatic carbocycles. The molecule has 60 valence electrons. The highest BCUT2D eigenvalue weighted by molar-refractivity contribution is 5.39. The van der Waals surface area contributed by atoms with Crippen LogP contribution in [0, 0.1) is 12.0 Å². The Labute approximate surface area is 71.2 Å². The summed E-state index contributed by atoms with van der Waals surface area (Å²) >= 11 is 0. The molecule has 0 aliphatic rings. The Morgan fingerprint density at radius 1 is 1.33 bits per heavy atom. The minimum absolute atomic E-state index is 0.317. The van der Waals surface area contributed by atoms with Crippen molar-refractivity contribution in [1.29, 1.82) is 0 Å². The summed E-state index contributed by atoms with van der Waals surface area (Å²) in [4.78, 5) is 9.69. The van der Waals surface area contributed by atoms with Crippen molar-refractivity contribution in [1.82, 2.24) is 0 Å². The van der Waals surface area contributed by atoms with Crippen molar-refractivity contribution in [2.45, 2.75) is 6.42 Å². The molecule has 0 spiro atoms. The number of hydrogen-bond donors (Lipinski definition) is 0. The molecule has 0 aromatic heterocycles. The lowest BCUT2D eigenvalue weighted by Crippen LogP contribution is -1.80. The number of carbonyl (C=O) groups is 1. The van der Waals surface area contributed by atoms with Crippen LogP contribution in [0.25, 0.3) is 0 Å². The molecule has 0 N–H and O–H groups in total. The third kappa shape index (κ3) is 2.89. The average molecular weight is 160 g/mol. The first-order valence-corrected chi connectivity index (χ1v) is 3.54. The van der Waals surface area contributed by atoms with Gasteiger partial charge < -0.3 is 4.74 Å². The van der Waals surface area contributed by atoms with Crippen LogP contribution >= 0.6 is 0 Å². The topological polar surface area (TPSA) is 26.3 Å². The largest absolute Gasteiger partial charge is 0.375 e. The first-order chi connectivity index (χ1) is 5.93. The third-order valence-corrected chi connectivity index (χ3v) is 1.31. The van der Waals surface area contributed by atoms with Gasteiger partial charge in [-0.15, -0.1) is 0 Å². The molecule has 0 fully saturated rings. The zero-order valence-electron chi connectivity index (χ0n) is 6.49. The fraction of sp³-hybridized carbons (Fsp3) is 0.100. The summed E-state index contributed by atoms with van der Waals surface area (Å²) in [5.74, 6) is 2.70. The molecule has 0 bridgehead atoms. The molecule has 0 atom stereocenters. The summed E-state index contributed by atoms with van der Waals surface area (Å²) in [6.45, 7) is 0.317. The van der Waals surface area contributed by atoms with Crippen molar-refractivity contribution >= 4 is 6.47 Å². The number of ether oxygens (including phenoxy) is 1. The lowest BCUT2D eigenvalue weighted by atomic mass is 10.2. The van der Waals surface area contributed by atoms with Crippen LogP contribution < -0.4 is 0 Å². The second-order valence-electron chi connectivity index (χ2n) is 2.16. The van der Waals surface area contributed by atoms with Gasteiger partial charge in [-0.3, -0.25) is 4.79 Å². The summed E-state index contributed by atoms with van der Waals surface area (Å²) < 4.78 is 4.21. The van der Waals surface area contributed by atoms with Gasteiger partial charge in [0.1, 0.15) is 6.11 Å². The molecule has 2 heteroatoms. The van der Waals surface area contributed by atoms with Gasteiger partial charge in [-0.2, -0.15) is 0 Å². The van der Waals surface area contributed by atoms with Crippen LogP contribution in [0.4, 0.5) is 0 Å². The van der Waals surface area contributed by atoms with Crippen molar-refractivity contribution in [3.8, 4) is 12.0 Å².